The summed E-state index contributed by atoms with van der Waals surface area (Å²) in [4.78, 5) is 59.1. The number of halogens is 1. The molecular formula is C35H31FNO13PS. The van der Waals surface area contributed by atoms with E-state index in [1.807, 2.05) is 0 Å². The molecule has 14 nitrogen and oxygen atoms in total. The van der Waals surface area contributed by atoms with Crippen molar-refractivity contribution in [2.45, 2.75) is 42.0 Å². The van der Waals surface area contributed by atoms with E-state index < -0.39 is 89.6 Å². The monoisotopic (exact) mass is 755 g/mol. The number of amides is 1. The molecule has 2 aliphatic rings. The molecule has 0 aliphatic carbocycles. The van der Waals surface area contributed by atoms with Crippen molar-refractivity contribution in [1.82, 2.24) is 0 Å². The van der Waals surface area contributed by atoms with Crippen molar-refractivity contribution < 1.29 is 67.2 Å². The first-order valence-corrected chi connectivity index (χ1v) is 18.6. The molecule has 4 unspecified atom stereocenters. The number of aliphatic hydroxyl groups is 3. The predicted molar refractivity (Wildman–Crippen MR) is 183 cm³/mol. The summed E-state index contributed by atoms with van der Waals surface area (Å²) in [5.41, 5.74) is 1.42. The zero-order chi connectivity index (χ0) is 37.5. The van der Waals surface area contributed by atoms with Crippen LogP contribution in [0.1, 0.15) is 22.0 Å². The Balaban J connectivity index is 1.43. The summed E-state index contributed by atoms with van der Waals surface area (Å²) < 4.78 is 50.5. The lowest BCUT2D eigenvalue weighted by Gasteiger charge is -2.47. The highest BCUT2D eigenvalue weighted by molar-refractivity contribution is 7.87. The average Bonchev–Trinajstić information content (AvgIpc) is 3.11. The van der Waals surface area contributed by atoms with E-state index in [-0.39, 0.29) is 22.2 Å². The molecule has 4 aromatic carbocycles. The highest BCUT2D eigenvalue weighted by Gasteiger charge is 2.54. The average molecular weight is 756 g/mol. The Bertz CT molecular complexity index is 2060. The topological polar surface area (TPSA) is 228 Å². The lowest BCUT2D eigenvalue weighted by molar-refractivity contribution is -0.271. The molecule has 6 N–H and O–H groups in total. The van der Waals surface area contributed by atoms with E-state index in [4.69, 9.17) is 9.47 Å². The molecule has 2 aliphatic heterocycles. The predicted octanol–water partition coefficient (Wildman–Crippen LogP) is 1.65. The van der Waals surface area contributed by atoms with Crippen molar-refractivity contribution in [3.05, 3.63) is 114 Å². The number of β-lactam (4-membered cyclic amide) rings is 1. The molecule has 52 heavy (non-hydrogen) atoms. The van der Waals surface area contributed by atoms with Crippen molar-refractivity contribution in [3.63, 3.8) is 0 Å². The van der Waals surface area contributed by atoms with E-state index in [0.717, 1.165) is 12.1 Å². The molecule has 2 fully saturated rings. The molecular weight excluding hydrogens is 724 g/mol. The standard InChI is InChI=1S/C35H31FNO13PS/c36-21-11-6-19(7-12-21)25(38)17-52(48)32-27(37(33(32)42)22-4-2-1-3-5-22)24-15-10-20(18-8-13-23(14-9-18)51(45,46)47)16-26(24)49-35-30(41)28(39)29(40)31(50-35)34(43)44/h1-16,27-32,35,39-41H,17H2,(H,43,44)(H2,45,46,47)/t27-,28?,29+,30?,31?,32-,35-,52?/m1/s1. The summed E-state index contributed by atoms with van der Waals surface area (Å²) in [6, 6.07) is 21.5. The first-order chi connectivity index (χ1) is 24.6. The van der Waals surface area contributed by atoms with E-state index in [2.05, 4.69) is 0 Å². The van der Waals surface area contributed by atoms with Crippen LogP contribution in [0, 0.1) is 5.82 Å². The minimum atomic E-state index is -4.57. The summed E-state index contributed by atoms with van der Waals surface area (Å²) in [5, 5.41) is 39.5. The van der Waals surface area contributed by atoms with Crippen LogP contribution in [-0.2, 0) is 29.7 Å². The van der Waals surface area contributed by atoms with Crippen LogP contribution in [0.4, 0.5) is 10.1 Å². The minimum Gasteiger partial charge on any atom is -0.479 e. The maximum absolute atomic E-state index is 13.9. The zero-order valence-corrected chi connectivity index (χ0v) is 28.4. The number of rotatable bonds is 11. The van der Waals surface area contributed by atoms with Crippen LogP contribution in [0.5, 0.6) is 5.75 Å². The van der Waals surface area contributed by atoms with Crippen molar-refractivity contribution in [2.75, 3.05) is 10.7 Å². The number of carboxylic acids is 1. The van der Waals surface area contributed by atoms with Gasteiger partial charge >= 0.3 is 13.6 Å². The molecule has 0 spiro atoms. The molecule has 2 saturated heterocycles. The van der Waals surface area contributed by atoms with Gasteiger partial charge in [-0.2, -0.15) is 0 Å². The molecule has 272 valence electrons. The Labute approximate surface area is 297 Å². The van der Waals surface area contributed by atoms with Gasteiger partial charge in [0.1, 0.15) is 35.1 Å². The number of para-hydroxylation sites is 1. The van der Waals surface area contributed by atoms with Crippen LogP contribution in [-0.4, -0.2) is 93.8 Å². The smallest absolute Gasteiger partial charge is 0.356 e. The number of carbonyl (C=O) groups is 3. The molecule has 8 atom stereocenters. The van der Waals surface area contributed by atoms with E-state index in [0.29, 0.717) is 16.8 Å². The second-order valence-electron chi connectivity index (χ2n) is 12.1. The number of hydrogen-bond acceptors (Lipinski definition) is 10. The van der Waals surface area contributed by atoms with Gasteiger partial charge in [0.05, 0.1) is 17.1 Å². The fraction of sp³-hybridized carbons (Fsp3) is 0.229. The van der Waals surface area contributed by atoms with Gasteiger partial charge in [-0.15, -0.1) is 0 Å². The number of ketones is 1. The minimum absolute atomic E-state index is 0.0771. The van der Waals surface area contributed by atoms with Crippen molar-refractivity contribution in [1.29, 1.82) is 0 Å². The number of nitrogens with zero attached hydrogens (tertiary/aromatic N) is 1. The number of carboxylic acid groups (broad SMARTS) is 1. The summed E-state index contributed by atoms with van der Waals surface area (Å²) >= 11 is 0. The fourth-order valence-electron chi connectivity index (χ4n) is 6.02. The second-order valence-corrected chi connectivity index (χ2v) is 15.2. The van der Waals surface area contributed by atoms with Crippen LogP contribution in [0.15, 0.2) is 97.1 Å². The van der Waals surface area contributed by atoms with Gasteiger partial charge in [-0.25, -0.2) is 9.18 Å². The van der Waals surface area contributed by atoms with Gasteiger partial charge < -0.3 is 44.6 Å². The largest absolute Gasteiger partial charge is 0.479 e. The van der Waals surface area contributed by atoms with Crippen molar-refractivity contribution in [2.24, 2.45) is 0 Å². The molecule has 4 aromatic rings. The molecule has 2 heterocycles. The summed E-state index contributed by atoms with van der Waals surface area (Å²) in [6.45, 7) is 0. The number of aliphatic hydroxyl groups excluding tert-OH is 3. The molecule has 0 aromatic heterocycles. The van der Waals surface area contributed by atoms with Crippen LogP contribution in [0.3, 0.4) is 0 Å². The van der Waals surface area contributed by atoms with Crippen LogP contribution >= 0.6 is 7.60 Å². The van der Waals surface area contributed by atoms with Crippen LogP contribution < -0.4 is 14.9 Å². The fourth-order valence-corrected chi connectivity index (χ4v) is 8.05. The number of benzene rings is 4. The molecule has 0 saturated carbocycles. The van der Waals surface area contributed by atoms with Gasteiger partial charge in [-0.1, -0.05) is 42.5 Å². The van der Waals surface area contributed by atoms with Crippen LogP contribution in [0.25, 0.3) is 11.1 Å². The van der Waals surface area contributed by atoms with E-state index in [1.165, 1.54) is 53.4 Å². The first-order valence-electron chi connectivity index (χ1n) is 15.6. The van der Waals surface area contributed by atoms with Gasteiger partial charge in [0.15, 0.2) is 11.9 Å². The molecule has 0 radical (unpaired) electrons. The van der Waals surface area contributed by atoms with Crippen molar-refractivity contribution >= 4 is 47.0 Å². The normalized spacial score (nSPS) is 25.2. The Morgan fingerprint density at radius 1 is 0.865 bits per heavy atom. The maximum Gasteiger partial charge on any atom is 0.356 e. The summed E-state index contributed by atoms with van der Waals surface area (Å²) in [7, 11) is -6.73. The third-order valence-corrected chi connectivity index (χ3v) is 11.3. The van der Waals surface area contributed by atoms with Gasteiger partial charge in [0.25, 0.3) is 0 Å². The molecule has 17 heteroatoms. The molecule has 1 amide bonds. The quantitative estimate of drug-likeness (QED) is 0.0728. The SMILES string of the molecule is O=C(CS(=O)[C@H]1C(=O)N(c2ccccc2)[C@@H]1c1ccc(-c2ccc(P(=O)(O)O)cc2)cc1O[C@@H]1OC(C(=O)O)[C@@H](O)C(O)C1O)c1ccc(F)cc1. The number of carbonyl (C=O) groups excluding carboxylic acids is 2. The lowest BCUT2D eigenvalue weighted by atomic mass is 9.90. The zero-order valence-electron chi connectivity index (χ0n) is 26.7. The van der Waals surface area contributed by atoms with Crippen LogP contribution in [0.2, 0.25) is 0 Å². The Hall–Kier alpha value is -4.64. The van der Waals surface area contributed by atoms with Gasteiger partial charge in [0, 0.05) is 27.6 Å². The number of aliphatic carboxylic acids is 1. The number of hydrogen-bond donors (Lipinski definition) is 6. The third kappa shape index (κ3) is 7.33. The maximum atomic E-state index is 13.9. The van der Waals surface area contributed by atoms with Crippen molar-refractivity contribution in [3.8, 4) is 16.9 Å². The molecule has 6 rings (SSSR count). The first kappa shape index (κ1) is 37.1. The number of ether oxygens (including phenoxy) is 2. The third-order valence-electron chi connectivity index (χ3n) is 8.73. The van der Waals surface area contributed by atoms with Gasteiger partial charge in [-0.3, -0.25) is 18.4 Å². The number of anilines is 1. The lowest BCUT2D eigenvalue weighted by Crippen LogP contribution is -2.62. The Morgan fingerprint density at radius 3 is 2.12 bits per heavy atom. The Kier molecular flexibility index (Phi) is 10.5. The Morgan fingerprint density at radius 2 is 1.50 bits per heavy atom. The van der Waals surface area contributed by atoms with E-state index in [9.17, 15) is 57.8 Å². The van der Waals surface area contributed by atoms with Gasteiger partial charge in [0.2, 0.25) is 12.2 Å². The van der Waals surface area contributed by atoms with Gasteiger partial charge in [-0.05, 0) is 65.7 Å². The highest BCUT2D eigenvalue weighted by Crippen LogP contribution is 2.46. The molecule has 0 bridgehead atoms. The number of Topliss-reactive ketones (excluding diaryl/α,β-unsaturated/α-hetero) is 1. The highest BCUT2D eigenvalue weighted by atomic mass is 32.2. The second kappa shape index (κ2) is 14.8. The summed E-state index contributed by atoms with van der Waals surface area (Å²) in [6.07, 6.45) is -9.92. The van der Waals surface area contributed by atoms with E-state index >= 15 is 0 Å². The van der Waals surface area contributed by atoms with E-state index in [1.54, 1.807) is 36.4 Å². The summed E-state index contributed by atoms with van der Waals surface area (Å²) in [5.74, 6) is -4.22.